The zero-order chi connectivity index (χ0) is 11.8. The Balaban J connectivity index is 2.35. The molecular weight excluding hydrogens is 232 g/mol. The monoisotopic (exact) mass is 242 g/mol. The van der Waals surface area contributed by atoms with Gasteiger partial charge < -0.3 is 0 Å². The molecule has 0 N–H and O–H groups in total. The number of para-hydroxylation sites is 1. The van der Waals surface area contributed by atoms with Gasteiger partial charge in [-0.25, -0.2) is 4.98 Å². The minimum Gasteiger partial charge on any atom is -0.283 e. The van der Waals surface area contributed by atoms with Crippen LogP contribution in [0.15, 0.2) is 48.5 Å². The molecule has 0 bridgehead atoms. The number of halogens is 1. The van der Waals surface area contributed by atoms with Crippen molar-refractivity contribution >= 4 is 22.6 Å². The average molecular weight is 243 g/mol. The molecule has 0 fully saturated rings. The second-order valence-corrected chi connectivity index (χ2v) is 4.38. The van der Waals surface area contributed by atoms with Gasteiger partial charge in [-0.1, -0.05) is 24.3 Å². The predicted molar refractivity (Wildman–Crippen MR) is 70.8 cm³/mol. The van der Waals surface area contributed by atoms with Crippen LogP contribution >= 0.6 is 11.6 Å². The standard InChI is InChI=1S/C14H11ClN2/c1-10-7-8-12-13(9-10)17(14(15)16-12)11-5-3-2-4-6-11/h2-9H,1H3. The molecule has 0 saturated heterocycles. The van der Waals surface area contributed by atoms with Crippen LogP contribution in [0.25, 0.3) is 16.7 Å². The molecule has 84 valence electrons. The Morgan fingerprint density at radius 1 is 1.06 bits per heavy atom. The number of fused-ring (bicyclic) bond motifs is 1. The SMILES string of the molecule is Cc1ccc2nc(Cl)n(-c3ccccc3)c2c1. The number of imidazole rings is 1. The molecule has 1 heterocycles. The normalized spacial score (nSPS) is 10.9. The summed E-state index contributed by atoms with van der Waals surface area (Å²) in [6.45, 7) is 2.07. The molecule has 0 radical (unpaired) electrons. The summed E-state index contributed by atoms with van der Waals surface area (Å²) >= 11 is 6.21. The van der Waals surface area contributed by atoms with Gasteiger partial charge in [0.25, 0.3) is 0 Å². The van der Waals surface area contributed by atoms with Crippen molar-refractivity contribution in [3.8, 4) is 5.69 Å². The topological polar surface area (TPSA) is 17.8 Å². The van der Waals surface area contributed by atoms with E-state index in [4.69, 9.17) is 11.6 Å². The number of hydrogen-bond donors (Lipinski definition) is 0. The first kappa shape index (κ1) is 10.4. The number of aromatic nitrogens is 2. The van der Waals surface area contributed by atoms with Crippen LogP contribution in [0.3, 0.4) is 0 Å². The first-order valence-electron chi connectivity index (χ1n) is 5.46. The van der Waals surface area contributed by atoms with Crippen LogP contribution in [0.5, 0.6) is 0 Å². The summed E-state index contributed by atoms with van der Waals surface area (Å²) in [7, 11) is 0. The van der Waals surface area contributed by atoms with E-state index in [-0.39, 0.29) is 0 Å². The fourth-order valence-electron chi connectivity index (χ4n) is 1.98. The van der Waals surface area contributed by atoms with E-state index in [1.165, 1.54) is 5.56 Å². The molecule has 0 saturated carbocycles. The number of rotatable bonds is 1. The van der Waals surface area contributed by atoms with Gasteiger partial charge in [0.1, 0.15) is 0 Å². The van der Waals surface area contributed by atoms with E-state index in [0.717, 1.165) is 16.7 Å². The van der Waals surface area contributed by atoms with Gasteiger partial charge in [-0.05, 0) is 48.4 Å². The average Bonchev–Trinajstić information content (AvgIpc) is 2.65. The second kappa shape index (κ2) is 3.90. The van der Waals surface area contributed by atoms with E-state index in [1.807, 2.05) is 47.0 Å². The molecule has 3 heteroatoms. The molecule has 0 unspecified atom stereocenters. The van der Waals surface area contributed by atoms with Crippen molar-refractivity contribution in [3.63, 3.8) is 0 Å². The number of hydrogen-bond acceptors (Lipinski definition) is 1. The molecule has 3 rings (SSSR count). The van der Waals surface area contributed by atoms with Crippen LogP contribution in [0, 0.1) is 6.92 Å². The molecule has 0 amide bonds. The Labute approximate surface area is 104 Å². The zero-order valence-corrected chi connectivity index (χ0v) is 10.1. The quantitative estimate of drug-likeness (QED) is 0.631. The minimum absolute atomic E-state index is 0.497. The Morgan fingerprint density at radius 2 is 1.82 bits per heavy atom. The van der Waals surface area contributed by atoms with Crippen LogP contribution in [-0.2, 0) is 0 Å². The Kier molecular flexibility index (Phi) is 2.37. The Morgan fingerprint density at radius 3 is 2.59 bits per heavy atom. The lowest BCUT2D eigenvalue weighted by molar-refractivity contribution is 1.09. The first-order valence-corrected chi connectivity index (χ1v) is 5.83. The van der Waals surface area contributed by atoms with Crippen molar-refractivity contribution in [1.82, 2.24) is 9.55 Å². The van der Waals surface area contributed by atoms with Crippen LogP contribution in [0.1, 0.15) is 5.56 Å². The highest BCUT2D eigenvalue weighted by Crippen LogP contribution is 2.25. The molecule has 0 aliphatic carbocycles. The zero-order valence-electron chi connectivity index (χ0n) is 9.39. The Bertz CT molecular complexity index is 671. The lowest BCUT2D eigenvalue weighted by Gasteiger charge is -2.05. The molecule has 3 aromatic rings. The maximum absolute atomic E-state index is 6.21. The fraction of sp³-hybridized carbons (Fsp3) is 0.0714. The summed E-state index contributed by atoms with van der Waals surface area (Å²) in [5.41, 5.74) is 4.20. The van der Waals surface area contributed by atoms with Gasteiger partial charge in [-0.2, -0.15) is 0 Å². The summed E-state index contributed by atoms with van der Waals surface area (Å²) in [4.78, 5) is 4.36. The van der Waals surface area contributed by atoms with E-state index in [9.17, 15) is 0 Å². The molecule has 0 aliphatic heterocycles. The third-order valence-corrected chi connectivity index (χ3v) is 3.04. The number of benzene rings is 2. The fourth-order valence-corrected chi connectivity index (χ4v) is 2.26. The van der Waals surface area contributed by atoms with Gasteiger partial charge in [-0.3, -0.25) is 4.57 Å². The summed E-state index contributed by atoms with van der Waals surface area (Å²) < 4.78 is 1.96. The smallest absolute Gasteiger partial charge is 0.208 e. The Hall–Kier alpha value is -1.80. The molecule has 2 aromatic carbocycles. The van der Waals surface area contributed by atoms with Gasteiger partial charge in [0.2, 0.25) is 5.28 Å². The summed E-state index contributed by atoms with van der Waals surface area (Å²) in [5.74, 6) is 0. The van der Waals surface area contributed by atoms with Gasteiger partial charge in [0.15, 0.2) is 0 Å². The number of nitrogens with zero attached hydrogens (tertiary/aromatic N) is 2. The summed E-state index contributed by atoms with van der Waals surface area (Å²) in [6, 6.07) is 16.2. The van der Waals surface area contributed by atoms with Gasteiger partial charge >= 0.3 is 0 Å². The van der Waals surface area contributed by atoms with Crippen molar-refractivity contribution in [2.45, 2.75) is 6.92 Å². The van der Waals surface area contributed by atoms with Crippen molar-refractivity contribution in [1.29, 1.82) is 0 Å². The lowest BCUT2D eigenvalue weighted by Crippen LogP contribution is -1.93. The van der Waals surface area contributed by atoms with E-state index < -0.39 is 0 Å². The third kappa shape index (κ3) is 1.71. The highest BCUT2D eigenvalue weighted by molar-refractivity contribution is 6.29. The lowest BCUT2D eigenvalue weighted by atomic mass is 10.2. The van der Waals surface area contributed by atoms with Crippen molar-refractivity contribution in [2.24, 2.45) is 0 Å². The second-order valence-electron chi connectivity index (χ2n) is 4.04. The van der Waals surface area contributed by atoms with Crippen molar-refractivity contribution in [2.75, 3.05) is 0 Å². The molecule has 0 spiro atoms. The van der Waals surface area contributed by atoms with E-state index in [2.05, 4.69) is 18.0 Å². The van der Waals surface area contributed by atoms with Crippen LogP contribution in [-0.4, -0.2) is 9.55 Å². The molecule has 0 atom stereocenters. The molecule has 1 aromatic heterocycles. The molecule has 2 nitrogen and oxygen atoms in total. The van der Waals surface area contributed by atoms with Crippen LogP contribution in [0.4, 0.5) is 0 Å². The largest absolute Gasteiger partial charge is 0.283 e. The maximum atomic E-state index is 6.21. The molecule has 17 heavy (non-hydrogen) atoms. The van der Waals surface area contributed by atoms with Crippen LogP contribution < -0.4 is 0 Å². The van der Waals surface area contributed by atoms with E-state index in [1.54, 1.807) is 0 Å². The van der Waals surface area contributed by atoms with Gasteiger partial charge in [-0.15, -0.1) is 0 Å². The van der Waals surface area contributed by atoms with Crippen molar-refractivity contribution in [3.05, 3.63) is 59.4 Å². The molecular formula is C14H11ClN2. The maximum Gasteiger partial charge on any atom is 0.208 e. The van der Waals surface area contributed by atoms with E-state index in [0.29, 0.717) is 5.28 Å². The summed E-state index contributed by atoms with van der Waals surface area (Å²) in [6.07, 6.45) is 0. The number of aryl methyl sites for hydroxylation is 1. The van der Waals surface area contributed by atoms with Crippen LogP contribution in [0.2, 0.25) is 5.28 Å². The highest BCUT2D eigenvalue weighted by Gasteiger charge is 2.09. The molecule has 0 aliphatic rings. The van der Waals surface area contributed by atoms with Gasteiger partial charge in [0, 0.05) is 5.69 Å². The minimum atomic E-state index is 0.497. The first-order chi connectivity index (χ1) is 8.25. The highest BCUT2D eigenvalue weighted by atomic mass is 35.5. The van der Waals surface area contributed by atoms with E-state index >= 15 is 0 Å². The third-order valence-electron chi connectivity index (χ3n) is 2.78. The predicted octanol–water partition coefficient (Wildman–Crippen LogP) is 3.99. The van der Waals surface area contributed by atoms with Crippen molar-refractivity contribution < 1.29 is 0 Å². The summed E-state index contributed by atoms with van der Waals surface area (Å²) in [5, 5.41) is 0.497. The van der Waals surface area contributed by atoms with Gasteiger partial charge in [0.05, 0.1) is 11.0 Å².